The molecule has 0 saturated carbocycles. The zero-order chi connectivity index (χ0) is 13.4. The van der Waals surface area contributed by atoms with Gasteiger partial charge in [-0.05, 0) is 66.8 Å². The molecule has 0 heterocycles. The molecule has 0 aliphatic heterocycles. The summed E-state index contributed by atoms with van der Waals surface area (Å²) in [4.78, 5) is 0. The van der Waals surface area contributed by atoms with Crippen LogP contribution in [0.5, 0.6) is 0 Å². The largest absolute Gasteiger partial charge is 0.382 e. The van der Waals surface area contributed by atoms with E-state index in [1.54, 1.807) is 6.07 Å². The van der Waals surface area contributed by atoms with Crippen LogP contribution in [0.4, 0.5) is 10.1 Å². The fraction of sp³-hybridized carbons (Fsp3) is 0.250. The summed E-state index contributed by atoms with van der Waals surface area (Å²) in [6, 6.07) is 11.4. The van der Waals surface area contributed by atoms with Gasteiger partial charge in [0.25, 0.3) is 0 Å². The molecule has 98 valence electrons. The van der Waals surface area contributed by atoms with E-state index in [4.69, 9.17) is 11.6 Å². The van der Waals surface area contributed by atoms with Crippen LogP contribution < -0.4 is 5.32 Å². The lowest BCUT2D eigenvalue weighted by atomic mass is 10.1. The molecule has 3 rings (SSSR count). The first-order valence-electron chi connectivity index (χ1n) is 6.41. The van der Waals surface area contributed by atoms with Gasteiger partial charge in [-0.25, -0.2) is 4.39 Å². The summed E-state index contributed by atoms with van der Waals surface area (Å²) in [6.45, 7) is 1.90. The first kappa shape index (κ1) is 12.5. The molecule has 3 heteroatoms. The van der Waals surface area contributed by atoms with Gasteiger partial charge >= 0.3 is 0 Å². The Morgan fingerprint density at radius 1 is 1.11 bits per heavy atom. The van der Waals surface area contributed by atoms with E-state index >= 15 is 0 Å². The first-order chi connectivity index (χ1) is 9.10. The second-order valence-corrected chi connectivity index (χ2v) is 5.62. The van der Waals surface area contributed by atoms with Gasteiger partial charge in [0.2, 0.25) is 0 Å². The maximum Gasteiger partial charge on any atom is 0.125 e. The average Bonchev–Trinajstić information content (AvgIpc) is 2.68. The highest BCUT2D eigenvalue weighted by Gasteiger charge is 2.21. The normalized spacial score (nSPS) is 17.3. The molecule has 1 unspecified atom stereocenters. The van der Waals surface area contributed by atoms with Crippen molar-refractivity contribution in [3.63, 3.8) is 0 Å². The maximum absolute atomic E-state index is 13.4. The van der Waals surface area contributed by atoms with Gasteiger partial charge < -0.3 is 5.32 Å². The summed E-state index contributed by atoms with van der Waals surface area (Å²) in [5.74, 6) is -0.193. The standard InChI is InChI=1S/C16H15ClFN/c1-10-4-14(18)9-15(5-10)19-16-7-11-2-3-13(17)6-12(11)8-16/h2-6,9,16,19H,7-8H2,1H3. The number of rotatable bonds is 2. The van der Waals surface area contributed by atoms with Gasteiger partial charge in [-0.2, -0.15) is 0 Å². The summed E-state index contributed by atoms with van der Waals surface area (Å²) >= 11 is 6.00. The van der Waals surface area contributed by atoms with Crippen LogP contribution in [-0.4, -0.2) is 6.04 Å². The van der Waals surface area contributed by atoms with Crippen molar-refractivity contribution in [2.45, 2.75) is 25.8 Å². The minimum atomic E-state index is -0.193. The van der Waals surface area contributed by atoms with E-state index in [-0.39, 0.29) is 5.82 Å². The molecule has 0 aromatic heterocycles. The fourth-order valence-electron chi connectivity index (χ4n) is 2.74. The van der Waals surface area contributed by atoms with Crippen LogP contribution in [0, 0.1) is 12.7 Å². The van der Waals surface area contributed by atoms with E-state index in [9.17, 15) is 4.39 Å². The first-order valence-corrected chi connectivity index (χ1v) is 6.79. The molecule has 0 fully saturated rings. The molecular formula is C16H15ClFN. The van der Waals surface area contributed by atoms with E-state index in [0.717, 1.165) is 29.1 Å². The number of nitrogens with one attached hydrogen (secondary N) is 1. The van der Waals surface area contributed by atoms with Crippen LogP contribution in [0.1, 0.15) is 16.7 Å². The van der Waals surface area contributed by atoms with Crippen molar-refractivity contribution in [2.24, 2.45) is 0 Å². The number of halogens is 2. The molecule has 1 nitrogen and oxygen atoms in total. The molecular weight excluding hydrogens is 261 g/mol. The third-order valence-corrected chi connectivity index (χ3v) is 3.75. The van der Waals surface area contributed by atoms with Gasteiger partial charge in [-0.1, -0.05) is 17.7 Å². The molecule has 2 aromatic carbocycles. The molecule has 0 spiro atoms. The van der Waals surface area contributed by atoms with Crippen molar-refractivity contribution in [3.05, 3.63) is 63.9 Å². The van der Waals surface area contributed by atoms with Gasteiger partial charge in [0.15, 0.2) is 0 Å². The highest BCUT2D eigenvalue weighted by Crippen LogP contribution is 2.27. The zero-order valence-electron chi connectivity index (χ0n) is 10.7. The lowest BCUT2D eigenvalue weighted by Gasteiger charge is -2.14. The molecule has 1 aliphatic rings. The smallest absolute Gasteiger partial charge is 0.125 e. The third-order valence-electron chi connectivity index (χ3n) is 3.51. The molecule has 1 N–H and O–H groups in total. The van der Waals surface area contributed by atoms with E-state index in [2.05, 4.69) is 11.4 Å². The molecule has 1 atom stereocenters. The monoisotopic (exact) mass is 275 g/mol. The SMILES string of the molecule is Cc1cc(F)cc(NC2Cc3ccc(Cl)cc3C2)c1. The lowest BCUT2D eigenvalue weighted by molar-refractivity contribution is 0.626. The summed E-state index contributed by atoms with van der Waals surface area (Å²) in [5.41, 5.74) is 4.40. The molecule has 2 aromatic rings. The Bertz CT molecular complexity index is 604. The van der Waals surface area contributed by atoms with E-state index in [1.807, 2.05) is 25.1 Å². The second-order valence-electron chi connectivity index (χ2n) is 5.18. The van der Waals surface area contributed by atoms with Crippen molar-refractivity contribution >= 4 is 17.3 Å². The quantitative estimate of drug-likeness (QED) is 0.858. The number of hydrogen-bond donors (Lipinski definition) is 1. The van der Waals surface area contributed by atoms with Crippen LogP contribution >= 0.6 is 11.6 Å². The van der Waals surface area contributed by atoms with Crippen LogP contribution in [0.15, 0.2) is 36.4 Å². The van der Waals surface area contributed by atoms with Crippen LogP contribution in [0.2, 0.25) is 5.02 Å². The molecule has 19 heavy (non-hydrogen) atoms. The molecule has 0 amide bonds. The minimum absolute atomic E-state index is 0.193. The number of hydrogen-bond acceptors (Lipinski definition) is 1. The van der Waals surface area contributed by atoms with Gasteiger partial charge in [-0.15, -0.1) is 0 Å². The molecule has 0 radical (unpaired) electrons. The Morgan fingerprint density at radius 2 is 1.89 bits per heavy atom. The molecule has 0 bridgehead atoms. The Balaban J connectivity index is 1.76. The van der Waals surface area contributed by atoms with E-state index in [1.165, 1.54) is 17.2 Å². The van der Waals surface area contributed by atoms with Crippen molar-refractivity contribution in [1.82, 2.24) is 0 Å². The molecule has 1 aliphatic carbocycles. The Kier molecular flexibility index (Phi) is 3.19. The van der Waals surface area contributed by atoms with Crippen molar-refractivity contribution < 1.29 is 4.39 Å². The summed E-state index contributed by atoms with van der Waals surface area (Å²) in [7, 11) is 0. The van der Waals surface area contributed by atoms with Gasteiger partial charge in [-0.3, -0.25) is 0 Å². The van der Waals surface area contributed by atoms with E-state index < -0.39 is 0 Å². The van der Waals surface area contributed by atoms with Crippen molar-refractivity contribution in [3.8, 4) is 0 Å². The van der Waals surface area contributed by atoms with Crippen LogP contribution in [-0.2, 0) is 12.8 Å². The summed E-state index contributed by atoms with van der Waals surface area (Å²) in [5, 5.41) is 4.18. The minimum Gasteiger partial charge on any atom is -0.382 e. The van der Waals surface area contributed by atoms with Crippen molar-refractivity contribution in [1.29, 1.82) is 0 Å². The summed E-state index contributed by atoms with van der Waals surface area (Å²) in [6.07, 6.45) is 1.90. The Morgan fingerprint density at radius 3 is 2.68 bits per heavy atom. The van der Waals surface area contributed by atoms with Crippen LogP contribution in [0.3, 0.4) is 0 Å². The third kappa shape index (κ3) is 2.74. The maximum atomic E-state index is 13.4. The Hall–Kier alpha value is -1.54. The second kappa shape index (κ2) is 4.86. The zero-order valence-corrected chi connectivity index (χ0v) is 11.5. The van der Waals surface area contributed by atoms with Gasteiger partial charge in [0.05, 0.1) is 0 Å². The number of aryl methyl sites for hydroxylation is 1. The summed E-state index contributed by atoms with van der Waals surface area (Å²) < 4.78 is 13.4. The van der Waals surface area contributed by atoms with Gasteiger partial charge in [0, 0.05) is 16.8 Å². The average molecular weight is 276 g/mol. The number of fused-ring (bicyclic) bond motifs is 1. The highest BCUT2D eigenvalue weighted by atomic mass is 35.5. The van der Waals surface area contributed by atoms with Crippen molar-refractivity contribution in [2.75, 3.05) is 5.32 Å². The Labute approximate surface area is 117 Å². The van der Waals surface area contributed by atoms with E-state index in [0.29, 0.717) is 6.04 Å². The topological polar surface area (TPSA) is 12.0 Å². The predicted molar refractivity (Wildman–Crippen MR) is 77.4 cm³/mol. The predicted octanol–water partition coefficient (Wildman–Crippen LogP) is 4.37. The number of benzene rings is 2. The number of anilines is 1. The van der Waals surface area contributed by atoms with Crippen LogP contribution in [0.25, 0.3) is 0 Å². The lowest BCUT2D eigenvalue weighted by Crippen LogP contribution is -2.19. The fourth-order valence-corrected chi connectivity index (χ4v) is 2.94. The molecule has 0 saturated heterocycles. The van der Waals surface area contributed by atoms with Gasteiger partial charge in [0.1, 0.15) is 5.82 Å². The highest BCUT2D eigenvalue weighted by molar-refractivity contribution is 6.30.